The fourth-order valence-corrected chi connectivity index (χ4v) is 6.72. The van der Waals surface area contributed by atoms with E-state index in [2.05, 4.69) is 13.0 Å². The van der Waals surface area contributed by atoms with Crippen LogP contribution in [-0.4, -0.2) is 52.2 Å². The summed E-state index contributed by atoms with van der Waals surface area (Å²) in [5.74, 6) is 3.40. The first-order valence-electron chi connectivity index (χ1n) is 9.54. The van der Waals surface area contributed by atoms with E-state index < -0.39 is 0 Å². The maximum absolute atomic E-state index is 10.6. The molecule has 1 aromatic carbocycles. The molecule has 2 rings (SSSR count). The molecule has 1 heterocycles. The third kappa shape index (κ3) is 7.35. The van der Waals surface area contributed by atoms with E-state index in [9.17, 15) is 5.11 Å². The van der Waals surface area contributed by atoms with Gasteiger partial charge in [-0.15, -0.1) is 23.5 Å². The number of ether oxygens (including phenoxy) is 2. The lowest BCUT2D eigenvalue weighted by atomic mass is 9.99. The molecule has 0 radical (unpaired) electrons. The van der Waals surface area contributed by atoms with Gasteiger partial charge in [0.05, 0.1) is 30.5 Å². The Labute approximate surface area is 171 Å². The molecule has 1 aromatic rings. The van der Waals surface area contributed by atoms with Gasteiger partial charge in [-0.2, -0.15) is 0 Å². The van der Waals surface area contributed by atoms with Crippen LogP contribution in [-0.2, 0) is 11.3 Å². The van der Waals surface area contributed by atoms with Gasteiger partial charge in [0, 0.05) is 6.61 Å². The van der Waals surface area contributed by atoms with E-state index in [1.54, 1.807) is 7.11 Å². The summed E-state index contributed by atoms with van der Waals surface area (Å²) in [6, 6.07) is 7.84. The third-order valence-electron chi connectivity index (χ3n) is 4.75. The van der Waals surface area contributed by atoms with Crippen molar-refractivity contribution < 1.29 is 19.7 Å². The molecule has 27 heavy (non-hydrogen) atoms. The molecule has 1 saturated heterocycles. The number of methoxy groups -OCH3 is 1. The summed E-state index contributed by atoms with van der Waals surface area (Å²) < 4.78 is 10.9. The highest BCUT2D eigenvalue weighted by atomic mass is 32.2. The number of thioether (sulfide) groups is 2. The van der Waals surface area contributed by atoms with Crippen molar-refractivity contribution >= 4 is 23.5 Å². The van der Waals surface area contributed by atoms with E-state index in [-0.39, 0.29) is 16.8 Å². The number of aliphatic hydroxyl groups excluding tert-OH is 2. The monoisotopic (exact) mass is 412 g/mol. The molecule has 1 aliphatic heterocycles. The average molecular weight is 413 g/mol. The van der Waals surface area contributed by atoms with Gasteiger partial charge in [-0.3, -0.25) is 0 Å². The zero-order chi connectivity index (χ0) is 19.5. The van der Waals surface area contributed by atoms with Crippen molar-refractivity contribution in [1.82, 2.24) is 0 Å². The zero-order valence-corrected chi connectivity index (χ0v) is 17.9. The van der Waals surface area contributed by atoms with Crippen LogP contribution in [0.2, 0.25) is 0 Å². The van der Waals surface area contributed by atoms with Crippen LogP contribution >= 0.6 is 23.5 Å². The molecule has 2 N–H and O–H groups in total. The highest BCUT2D eigenvalue weighted by Crippen LogP contribution is 2.51. The summed E-state index contributed by atoms with van der Waals surface area (Å²) in [4.78, 5) is 0. The lowest BCUT2D eigenvalue weighted by molar-refractivity contribution is 0.0676. The van der Waals surface area contributed by atoms with Crippen LogP contribution < -0.4 is 4.74 Å². The first-order chi connectivity index (χ1) is 13.1. The van der Waals surface area contributed by atoms with Gasteiger partial charge in [0.15, 0.2) is 0 Å². The molecule has 1 fully saturated rings. The summed E-state index contributed by atoms with van der Waals surface area (Å²) in [6.45, 7) is 3.34. The van der Waals surface area contributed by atoms with Crippen LogP contribution in [0, 0.1) is 5.92 Å². The van der Waals surface area contributed by atoms with E-state index in [0.717, 1.165) is 29.2 Å². The van der Waals surface area contributed by atoms with Crippen molar-refractivity contribution in [3.05, 3.63) is 42.0 Å². The quantitative estimate of drug-likeness (QED) is 0.421. The largest absolute Gasteiger partial charge is 0.497 e. The molecule has 0 aromatic heterocycles. The number of benzene rings is 1. The van der Waals surface area contributed by atoms with Crippen LogP contribution in [0.15, 0.2) is 36.4 Å². The number of hydrogen-bond acceptors (Lipinski definition) is 6. The molecular weight excluding hydrogens is 380 g/mol. The summed E-state index contributed by atoms with van der Waals surface area (Å²) >= 11 is 3.91. The van der Waals surface area contributed by atoms with E-state index >= 15 is 0 Å². The van der Waals surface area contributed by atoms with E-state index in [0.29, 0.717) is 25.6 Å². The predicted octanol–water partition coefficient (Wildman–Crippen LogP) is 4.10. The van der Waals surface area contributed by atoms with E-state index in [1.165, 1.54) is 6.42 Å². The predicted molar refractivity (Wildman–Crippen MR) is 116 cm³/mol. The molecule has 0 amide bonds. The molecule has 0 bridgehead atoms. The molecule has 0 unspecified atom stereocenters. The maximum Gasteiger partial charge on any atom is 0.118 e. The third-order valence-corrected chi connectivity index (χ3v) is 8.50. The topological polar surface area (TPSA) is 58.9 Å². The van der Waals surface area contributed by atoms with Gasteiger partial charge in [0.2, 0.25) is 0 Å². The summed E-state index contributed by atoms with van der Waals surface area (Å²) in [6.07, 6.45) is 6.10. The minimum atomic E-state index is -0.385. The molecule has 0 aliphatic carbocycles. The maximum atomic E-state index is 10.6. The van der Waals surface area contributed by atoms with Crippen molar-refractivity contribution in [2.75, 3.05) is 31.8 Å². The number of allylic oxidation sites excluding steroid dienone is 1. The van der Waals surface area contributed by atoms with Crippen LogP contribution in [0.4, 0.5) is 0 Å². The average Bonchev–Trinajstić information content (AvgIpc) is 2.70. The van der Waals surface area contributed by atoms with Gasteiger partial charge in [0.25, 0.3) is 0 Å². The molecule has 0 saturated carbocycles. The highest BCUT2D eigenvalue weighted by Gasteiger charge is 2.39. The van der Waals surface area contributed by atoms with Crippen molar-refractivity contribution in [1.29, 1.82) is 0 Å². The van der Waals surface area contributed by atoms with Crippen LogP contribution in [0.3, 0.4) is 0 Å². The van der Waals surface area contributed by atoms with Gasteiger partial charge in [-0.1, -0.05) is 31.2 Å². The SMILES string of the molecule is COc1ccc(COCC[C@@H](O)CC2([C@H](C)/C=C\CO)SCCCS2)cc1. The van der Waals surface area contributed by atoms with Crippen molar-refractivity contribution in [3.63, 3.8) is 0 Å². The molecule has 4 nitrogen and oxygen atoms in total. The minimum absolute atomic E-state index is 0.0146. The Hall–Kier alpha value is -0.660. The minimum Gasteiger partial charge on any atom is -0.497 e. The molecule has 2 atom stereocenters. The Morgan fingerprint density at radius 3 is 2.56 bits per heavy atom. The lowest BCUT2D eigenvalue weighted by Gasteiger charge is -2.41. The fourth-order valence-electron chi connectivity index (χ4n) is 3.13. The number of hydrogen-bond donors (Lipinski definition) is 2. The number of rotatable bonds is 11. The van der Waals surface area contributed by atoms with E-state index in [1.807, 2.05) is 53.9 Å². The lowest BCUT2D eigenvalue weighted by Crippen LogP contribution is -2.36. The van der Waals surface area contributed by atoms with Gasteiger partial charge in [0.1, 0.15) is 5.75 Å². The zero-order valence-electron chi connectivity index (χ0n) is 16.3. The first kappa shape index (κ1) is 22.6. The highest BCUT2D eigenvalue weighted by molar-refractivity contribution is 8.18. The molecular formula is C21H32O4S2. The standard InChI is InChI=1S/C21H32O4S2/c1-17(5-3-11-22)21(26-13-4-14-27-21)15-19(23)10-12-25-16-18-6-8-20(24-2)9-7-18/h3,5-9,17,19,22-23H,4,10-16H2,1-2H3/b5-3-/t17-,19-/m1/s1. The summed E-state index contributed by atoms with van der Waals surface area (Å²) in [5, 5.41) is 19.7. The summed E-state index contributed by atoms with van der Waals surface area (Å²) in [5.41, 5.74) is 1.10. The normalized spacial score (nSPS) is 19.1. The Balaban J connectivity index is 1.79. The first-order valence-corrected chi connectivity index (χ1v) is 11.5. The Morgan fingerprint density at radius 1 is 1.22 bits per heavy atom. The summed E-state index contributed by atoms with van der Waals surface area (Å²) in [7, 11) is 1.66. The van der Waals surface area contributed by atoms with Crippen LogP contribution in [0.5, 0.6) is 5.75 Å². The molecule has 1 aliphatic rings. The Morgan fingerprint density at radius 2 is 1.93 bits per heavy atom. The van der Waals surface area contributed by atoms with Crippen molar-refractivity contribution in [2.24, 2.45) is 5.92 Å². The second kappa shape index (κ2) is 12.0. The van der Waals surface area contributed by atoms with Gasteiger partial charge >= 0.3 is 0 Å². The van der Waals surface area contributed by atoms with Crippen LogP contribution in [0.1, 0.15) is 31.7 Å². The van der Waals surface area contributed by atoms with Crippen molar-refractivity contribution in [2.45, 2.75) is 43.0 Å². The van der Waals surface area contributed by atoms with Gasteiger partial charge in [-0.05, 0) is 54.4 Å². The van der Waals surface area contributed by atoms with Gasteiger partial charge in [-0.25, -0.2) is 0 Å². The smallest absolute Gasteiger partial charge is 0.118 e. The Bertz CT molecular complexity index is 556. The number of aliphatic hydroxyl groups is 2. The second-order valence-electron chi connectivity index (χ2n) is 6.81. The Kier molecular flexibility index (Phi) is 10.1. The molecule has 0 spiro atoms. The van der Waals surface area contributed by atoms with Gasteiger partial charge < -0.3 is 19.7 Å². The molecule has 6 heteroatoms. The van der Waals surface area contributed by atoms with Crippen LogP contribution in [0.25, 0.3) is 0 Å². The van der Waals surface area contributed by atoms with Crippen molar-refractivity contribution in [3.8, 4) is 5.75 Å². The molecule has 152 valence electrons. The fraction of sp³-hybridized carbons (Fsp3) is 0.619. The second-order valence-corrected chi connectivity index (χ2v) is 9.92. The van der Waals surface area contributed by atoms with E-state index in [4.69, 9.17) is 14.6 Å².